The molecule has 0 saturated carbocycles. The fraction of sp³-hybridized carbons (Fsp3) is 0.238. The first-order chi connectivity index (χ1) is 13.4. The van der Waals surface area contributed by atoms with Crippen molar-refractivity contribution in [1.29, 1.82) is 0 Å². The van der Waals surface area contributed by atoms with E-state index in [4.69, 9.17) is 0 Å². The lowest BCUT2D eigenvalue weighted by Gasteiger charge is -2.17. The van der Waals surface area contributed by atoms with Crippen molar-refractivity contribution < 1.29 is 23.9 Å². The van der Waals surface area contributed by atoms with Gasteiger partial charge in [0.25, 0.3) is 17.7 Å². The largest absolute Gasteiger partial charge is 0.469 e. The molecular weight excluding hydrogens is 360 g/mol. The highest BCUT2D eigenvalue weighted by Crippen LogP contribution is 2.24. The van der Waals surface area contributed by atoms with E-state index in [-0.39, 0.29) is 43.2 Å². The number of hydrogen-bond donors (Lipinski definition) is 0. The molecule has 1 aliphatic heterocycles. The number of amides is 3. The molecule has 7 heteroatoms. The average molecular weight is 380 g/mol. The van der Waals surface area contributed by atoms with Crippen molar-refractivity contribution in [3.63, 3.8) is 0 Å². The molecule has 0 radical (unpaired) electrons. The Morgan fingerprint density at radius 3 is 2.07 bits per heavy atom. The van der Waals surface area contributed by atoms with Gasteiger partial charge in [-0.05, 0) is 29.8 Å². The molecule has 0 aromatic heterocycles. The molecule has 1 aliphatic rings. The first-order valence-electron chi connectivity index (χ1n) is 8.79. The number of carbonyl (C=O) groups is 4. The minimum Gasteiger partial charge on any atom is -0.469 e. The molecule has 3 amide bonds. The molecule has 0 unspecified atom stereocenters. The molecular formula is C21H20N2O5. The summed E-state index contributed by atoms with van der Waals surface area (Å²) in [6, 6.07) is 13.4. The number of esters is 1. The first kappa shape index (κ1) is 19.3. The highest BCUT2D eigenvalue weighted by Gasteiger charge is 2.34. The van der Waals surface area contributed by atoms with Crippen molar-refractivity contribution in [3.05, 3.63) is 70.8 Å². The fourth-order valence-electron chi connectivity index (χ4n) is 3.00. The second-order valence-electron chi connectivity index (χ2n) is 6.49. The quantitative estimate of drug-likeness (QED) is 0.566. The molecule has 0 fully saturated rings. The van der Waals surface area contributed by atoms with E-state index in [1.165, 1.54) is 16.9 Å². The van der Waals surface area contributed by atoms with Gasteiger partial charge in [-0.15, -0.1) is 0 Å². The molecule has 0 aliphatic carbocycles. The van der Waals surface area contributed by atoms with Crippen LogP contribution in [0.15, 0.2) is 48.5 Å². The van der Waals surface area contributed by atoms with E-state index in [9.17, 15) is 19.2 Å². The average Bonchev–Trinajstić information content (AvgIpc) is 2.97. The van der Waals surface area contributed by atoms with Gasteiger partial charge in [-0.25, -0.2) is 0 Å². The van der Waals surface area contributed by atoms with Crippen molar-refractivity contribution >= 4 is 23.7 Å². The third-order valence-electron chi connectivity index (χ3n) is 4.65. The molecule has 3 rings (SSSR count). The molecule has 2 aromatic carbocycles. The summed E-state index contributed by atoms with van der Waals surface area (Å²) in [7, 11) is 2.91. The Labute approximate surface area is 162 Å². The van der Waals surface area contributed by atoms with E-state index < -0.39 is 0 Å². The van der Waals surface area contributed by atoms with Crippen LogP contribution in [0.1, 0.15) is 43.1 Å². The van der Waals surface area contributed by atoms with Gasteiger partial charge in [0.2, 0.25) is 0 Å². The summed E-state index contributed by atoms with van der Waals surface area (Å²) in [5.74, 6) is -1.24. The number of carbonyl (C=O) groups excluding carboxylic acids is 4. The lowest BCUT2D eigenvalue weighted by molar-refractivity contribution is -0.140. The summed E-state index contributed by atoms with van der Waals surface area (Å²) in [5, 5.41) is 0. The molecule has 0 atom stereocenters. The third kappa shape index (κ3) is 3.78. The summed E-state index contributed by atoms with van der Waals surface area (Å²) < 4.78 is 4.57. The second kappa shape index (κ2) is 8.04. The number of fused-ring (bicyclic) bond motifs is 1. The summed E-state index contributed by atoms with van der Waals surface area (Å²) in [4.78, 5) is 51.1. The summed E-state index contributed by atoms with van der Waals surface area (Å²) in [5.41, 5.74) is 2.01. The number of nitrogens with zero attached hydrogens (tertiary/aromatic N) is 2. The summed E-state index contributed by atoms with van der Waals surface area (Å²) >= 11 is 0. The lowest BCUT2D eigenvalue weighted by atomic mass is 10.1. The zero-order chi connectivity index (χ0) is 20.3. The van der Waals surface area contributed by atoms with Gasteiger partial charge < -0.3 is 9.64 Å². The van der Waals surface area contributed by atoms with Crippen LogP contribution in [0.25, 0.3) is 0 Å². The zero-order valence-corrected chi connectivity index (χ0v) is 15.7. The lowest BCUT2D eigenvalue weighted by Crippen LogP contribution is -2.30. The van der Waals surface area contributed by atoms with Gasteiger partial charge in [0, 0.05) is 19.2 Å². The Balaban J connectivity index is 1.65. The summed E-state index contributed by atoms with van der Waals surface area (Å²) in [6.45, 7) is 0.390. The van der Waals surface area contributed by atoms with Gasteiger partial charge in [-0.3, -0.25) is 24.1 Å². The Kier molecular flexibility index (Phi) is 5.54. The number of rotatable bonds is 6. The van der Waals surface area contributed by atoms with Crippen LogP contribution >= 0.6 is 0 Å². The smallest absolute Gasteiger partial charge is 0.307 e. The predicted octanol–water partition coefficient (Wildman–Crippen LogP) is 2.12. The molecule has 2 aromatic rings. The van der Waals surface area contributed by atoms with Crippen molar-refractivity contribution in [3.8, 4) is 0 Å². The van der Waals surface area contributed by atoms with Gasteiger partial charge in [0.05, 0.1) is 31.2 Å². The Bertz CT molecular complexity index is 901. The Hall–Kier alpha value is -3.48. The molecule has 0 N–H and O–H groups in total. The monoisotopic (exact) mass is 380 g/mol. The molecule has 1 heterocycles. The van der Waals surface area contributed by atoms with Crippen molar-refractivity contribution in [2.24, 2.45) is 0 Å². The standard InChI is InChI=1S/C21H20N2O5/c1-22(12-11-18(24)28-2)19(25)15-9-7-14(8-10-15)13-23-20(26)16-5-3-4-6-17(16)21(23)27/h3-10H,11-13H2,1-2H3. The van der Waals surface area contributed by atoms with E-state index >= 15 is 0 Å². The van der Waals surface area contributed by atoms with E-state index in [0.717, 1.165) is 5.56 Å². The molecule has 0 bridgehead atoms. The predicted molar refractivity (Wildman–Crippen MR) is 101 cm³/mol. The van der Waals surface area contributed by atoms with Crippen molar-refractivity contribution in [2.45, 2.75) is 13.0 Å². The minimum absolute atomic E-state index is 0.122. The van der Waals surface area contributed by atoms with Crippen LogP contribution in [0.2, 0.25) is 0 Å². The topological polar surface area (TPSA) is 84.0 Å². The number of imide groups is 1. The van der Waals surface area contributed by atoms with E-state index in [0.29, 0.717) is 16.7 Å². The molecule has 28 heavy (non-hydrogen) atoms. The summed E-state index contributed by atoms with van der Waals surface area (Å²) in [6.07, 6.45) is 0.122. The number of methoxy groups -OCH3 is 1. The number of hydrogen-bond acceptors (Lipinski definition) is 5. The highest BCUT2D eigenvalue weighted by molar-refractivity contribution is 6.21. The molecule has 144 valence electrons. The minimum atomic E-state index is -0.379. The maximum atomic E-state index is 12.4. The zero-order valence-electron chi connectivity index (χ0n) is 15.7. The van der Waals surface area contributed by atoms with Crippen LogP contribution < -0.4 is 0 Å². The van der Waals surface area contributed by atoms with E-state index in [1.54, 1.807) is 55.6 Å². The first-order valence-corrected chi connectivity index (χ1v) is 8.79. The van der Waals surface area contributed by atoms with Crippen LogP contribution in [0.4, 0.5) is 0 Å². The normalized spacial score (nSPS) is 12.7. The SMILES string of the molecule is COC(=O)CCN(C)C(=O)c1ccc(CN2C(=O)c3ccccc3C2=O)cc1. The third-order valence-corrected chi connectivity index (χ3v) is 4.65. The van der Waals surface area contributed by atoms with E-state index in [1.807, 2.05) is 0 Å². The van der Waals surface area contributed by atoms with Gasteiger partial charge in [-0.1, -0.05) is 24.3 Å². The number of benzene rings is 2. The second-order valence-corrected chi connectivity index (χ2v) is 6.49. The van der Waals surface area contributed by atoms with Crippen LogP contribution in [-0.2, 0) is 16.1 Å². The van der Waals surface area contributed by atoms with Crippen molar-refractivity contribution in [1.82, 2.24) is 9.80 Å². The van der Waals surface area contributed by atoms with Gasteiger partial charge in [0.15, 0.2) is 0 Å². The van der Waals surface area contributed by atoms with Crippen LogP contribution in [0, 0.1) is 0 Å². The van der Waals surface area contributed by atoms with Crippen LogP contribution in [-0.4, -0.2) is 54.2 Å². The van der Waals surface area contributed by atoms with Gasteiger partial charge >= 0.3 is 5.97 Å². The molecule has 7 nitrogen and oxygen atoms in total. The maximum Gasteiger partial charge on any atom is 0.307 e. The highest BCUT2D eigenvalue weighted by atomic mass is 16.5. The van der Waals surface area contributed by atoms with Crippen molar-refractivity contribution in [2.75, 3.05) is 20.7 Å². The number of ether oxygens (including phenoxy) is 1. The van der Waals surface area contributed by atoms with Crippen LogP contribution in [0.3, 0.4) is 0 Å². The Morgan fingerprint density at radius 2 is 1.54 bits per heavy atom. The fourth-order valence-corrected chi connectivity index (χ4v) is 3.00. The Morgan fingerprint density at radius 1 is 0.964 bits per heavy atom. The van der Waals surface area contributed by atoms with Crippen LogP contribution in [0.5, 0.6) is 0 Å². The van der Waals surface area contributed by atoms with Gasteiger partial charge in [-0.2, -0.15) is 0 Å². The van der Waals surface area contributed by atoms with Gasteiger partial charge in [0.1, 0.15) is 0 Å². The molecule has 0 saturated heterocycles. The maximum absolute atomic E-state index is 12.4. The molecule has 0 spiro atoms. The van der Waals surface area contributed by atoms with E-state index in [2.05, 4.69) is 4.74 Å².